The van der Waals surface area contributed by atoms with Crippen LogP contribution in [0.4, 0.5) is 15.8 Å². The highest BCUT2D eigenvalue weighted by Crippen LogP contribution is 2.19. The van der Waals surface area contributed by atoms with E-state index in [-0.39, 0.29) is 5.56 Å². The van der Waals surface area contributed by atoms with E-state index in [1.165, 1.54) is 12.1 Å². The quantitative estimate of drug-likeness (QED) is 0.596. The van der Waals surface area contributed by atoms with Crippen molar-refractivity contribution in [3.63, 3.8) is 0 Å². The molecule has 2 aromatic rings. The summed E-state index contributed by atoms with van der Waals surface area (Å²) in [6.45, 7) is 1.85. The maximum absolute atomic E-state index is 13.2. The Morgan fingerprint density at radius 1 is 1.29 bits per heavy atom. The van der Waals surface area contributed by atoms with Crippen molar-refractivity contribution in [1.82, 2.24) is 0 Å². The number of anilines is 2. The number of halogens is 1. The predicted molar refractivity (Wildman–Crippen MR) is 78.1 cm³/mol. The highest BCUT2D eigenvalue weighted by atomic mass is 19.1. The van der Waals surface area contributed by atoms with E-state index in [4.69, 9.17) is 11.1 Å². The number of amides is 1. The Bertz CT molecular complexity index is 737. The van der Waals surface area contributed by atoms with Crippen LogP contribution in [0, 0.1) is 24.1 Å². The lowest BCUT2D eigenvalue weighted by molar-refractivity contribution is 0.102. The molecule has 2 aromatic carbocycles. The first kappa shape index (κ1) is 14.5. The monoisotopic (exact) mass is 284 g/mol. The Kier molecular flexibility index (Phi) is 4.16. The molecule has 21 heavy (non-hydrogen) atoms. The number of aryl methyl sites for hydroxylation is 1. The molecule has 0 atom stereocenters. The number of nitrogens with two attached hydrogens (primary N) is 1. The molecule has 0 aliphatic heterocycles. The summed E-state index contributed by atoms with van der Waals surface area (Å²) in [7, 11) is 0. The van der Waals surface area contributed by atoms with Crippen LogP contribution < -0.4 is 16.6 Å². The molecule has 0 aliphatic rings. The van der Waals surface area contributed by atoms with Crippen LogP contribution >= 0.6 is 0 Å². The van der Waals surface area contributed by atoms with E-state index in [0.29, 0.717) is 16.9 Å². The SMILES string of the molecule is Cc1ccc(NN)c(C(=O)Nc2ccc(F)c(C#N)c2)c1. The Balaban J connectivity index is 2.30. The van der Waals surface area contributed by atoms with Gasteiger partial charge in [-0.2, -0.15) is 5.26 Å². The molecule has 0 heterocycles. The number of carbonyl (C=O) groups excluding carboxylic acids is 1. The smallest absolute Gasteiger partial charge is 0.257 e. The third-order valence-electron chi connectivity index (χ3n) is 2.92. The van der Waals surface area contributed by atoms with Gasteiger partial charge in [0.15, 0.2) is 0 Å². The Hall–Kier alpha value is -2.91. The lowest BCUT2D eigenvalue weighted by Gasteiger charge is -2.11. The summed E-state index contributed by atoms with van der Waals surface area (Å²) in [5.41, 5.74) is 4.39. The zero-order chi connectivity index (χ0) is 15.4. The molecule has 106 valence electrons. The van der Waals surface area contributed by atoms with E-state index in [1.807, 2.05) is 13.0 Å². The van der Waals surface area contributed by atoms with Gasteiger partial charge in [-0.25, -0.2) is 4.39 Å². The number of hydrogen-bond donors (Lipinski definition) is 3. The second kappa shape index (κ2) is 6.03. The topological polar surface area (TPSA) is 90.9 Å². The second-order valence-corrected chi connectivity index (χ2v) is 4.45. The number of nitrogens with one attached hydrogen (secondary N) is 2. The molecule has 2 rings (SSSR count). The first-order valence-electron chi connectivity index (χ1n) is 6.13. The van der Waals surface area contributed by atoms with Crippen molar-refractivity contribution in [3.05, 3.63) is 58.9 Å². The molecule has 0 aromatic heterocycles. The summed E-state index contributed by atoms with van der Waals surface area (Å²) >= 11 is 0. The average molecular weight is 284 g/mol. The summed E-state index contributed by atoms with van der Waals surface area (Å²) in [6.07, 6.45) is 0. The van der Waals surface area contributed by atoms with Gasteiger partial charge < -0.3 is 10.7 Å². The molecule has 0 bridgehead atoms. The number of rotatable bonds is 3. The summed E-state index contributed by atoms with van der Waals surface area (Å²) in [4.78, 5) is 12.2. The van der Waals surface area contributed by atoms with Crippen LogP contribution in [0.2, 0.25) is 0 Å². The fraction of sp³-hybridized carbons (Fsp3) is 0.0667. The van der Waals surface area contributed by atoms with Gasteiger partial charge in [0.05, 0.1) is 16.8 Å². The van der Waals surface area contributed by atoms with Gasteiger partial charge in [0.1, 0.15) is 11.9 Å². The molecule has 1 amide bonds. The van der Waals surface area contributed by atoms with Crippen molar-refractivity contribution in [2.24, 2.45) is 5.84 Å². The van der Waals surface area contributed by atoms with Gasteiger partial charge >= 0.3 is 0 Å². The minimum Gasteiger partial charge on any atom is -0.323 e. The lowest BCUT2D eigenvalue weighted by atomic mass is 10.1. The number of nitrogens with zero attached hydrogens (tertiary/aromatic N) is 1. The molecule has 4 N–H and O–H groups in total. The van der Waals surface area contributed by atoms with Gasteiger partial charge in [-0.05, 0) is 37.3 Å². The standard InChI is InChI=1S/C15H13FN4O/c1-9-2-5-14(20-18)12(6-9)15(21)19-11-3-4-13(16)10(7-11)8-17/h2-7,20H,18H2,1H3,(H,19,21). The molecule has 0 aliphatic carbocycles. The van der Waals surface area contributed by atoms with E-state index in [9.17, 15) is 9.18 Å². The zero-order valence-electron chi connectivity index (χ0n) is 11.3. The Morgan fingerprint density at radius 3 is 2.71 bits per heavy atom. The summed E-state index contributed by atoms with van der Waals surface area (Å²) in [6, 6.07) is 10.7. The molecule has 0 unspecified atom stereocenters. The van der Waals surface area contributed by atoms with E-state index < -0.39 is 11.7 Å². The maximum Gasteiger partial charge on any atom is 0.257 e. The molecule has 0 saturated heterocycles. The average Bonchev–Trinajstić information content (AvgIpc) is 2.49. The lowest BCUT2D eigenvalue weighted by Crippen LogP contribution is -2.17. The number of nitriles is 1. The minimum atomic E-state index is -0.629. The largest absolute Gasteiger partial charge is 0.323 e. The van der Waals surface area contributed by atoms with Gasteiger partial charge in [-0.15, -0.1) is 0 Å². The predicted octanol–water partition coefficient (Wildman–Crippen LogP) is 2.54. The van der Waals surface area contributed by atoms with Crippen LogP contribution in [-0.4, -0.2) is 5.91 Å². The molecular weight excluding hydrogens is 271 g/mol. The van der Waals surface area contributed by atoms with Crippen molar-refractivity contribution < 1.29 is 9.18 Å². The fourth-order valence-corrected chi connectivity index (χ4v) is 1.86. The highest BCUT2D eigenvalue weighted by Gasteiger charge is 2.12. The molecule has 6 heteroatoms. The zero-order valence-corrected chi connectivity index (χ0v) is 11.3. The third-order valence-corrected chi connectivity index (χ3v) is 2.92. The number of benzene rings is 2. The third kappa shape index (κ3) is 3.16. The van der Waals surface area contributed by atoms with Gasteiger partial charge in [0, 0.05) is 5.69 Å². The summed E-state index contributed by atoms with van der Waals surface area (Å²) in [5, 5.41) is 11.4. The van der Waals surface area contributed by atoms with Crippen LogP contribution in [0.15, 0.2) is 36.4 Å². The van der Waals surface area contributed by atoms with Gasteiger partial charge in [0.2, 0.25) is 0 Å². The molecular formula is C15H13FN4O. The number of hydrazine groups is 1. The summed E-state index contributed by atoms with van der Waals surface area (Å²) < 4.78 is 13.2. The summed E-state index contributed by atoms with van der Waals surface area (Å²) in [5.74, 6) is 4.34. The van der Waals surface area contributed by atoms with Crippen LogP contribution in [-0.2, 0) is 0 Å². The van der Waals surface area contributed by atoms with Crippen molar-refractivity contribution >= 4 is 17.3 Å². The minimum absolute atomic E-state index is 0.130. The van der Waals surface area contributed by atoms with Gasteiger partial charge in [0.25, 0.3) is 5.91 Å². The van der Waals surface area contributed by atoms with E-state index in [2.05, 4.69) is 10.7 Å². The molecule has 0 saturated carbocycles. The van der Waals surface area contributed by atoms with E-state index in [0.717, 1.165) is 11.6 Å². The van der Waals surface area contributed by atoms with Gasteiger partial charge in [-0.1, -0.05) is 11.6 Å². The second-order valence-electron chi connectivity index (χ2n) is 4.45. The maximum atomic E-state index is 13.2. The molecule has 0 radical (unpaired) electrons. The number of hydrogen-bond acceptors (Lipinski definition) is 4. The van der Waals surface area contributed by atoms with Crippen LogP contribution in [0.3, 0.4) is 0 Å². The Morgan fingerprint density at radius 2 is 2.05 bits per heavy atom. The van der Waals surface area contributed by atoms with Crippen LogP contribution in [0.25, 0.3) is 0 Å². The van der Waals surface area contributed by atoms with E-state index >= 15 is 0 Å². The normalized spacial score (nSPS) is 9.81. The molecule has 5 nitrogen and oxygen atoms in total. The molecule has 0 fully saturated rings. The van der Waals surface area contributed by atoms with Crippen LogP contribution in [0.5, 0.6) is 0 Å². The molecule has 0 spiro atoms. The van der Waals surface area contributed by atoms with Crippen molar-refractivity contribution in [3.8, 4) is 6.07 Å². The van der Waals surface area contributed by atoms with E-state index in [1.54, 1.807) is 18.2 Å². The highest BCUT2D eigenvalue weighted by molar-refractivity contribution is 6.08. The fourth-order valence-electron chi connectivity index (χ4n) is 1.86. The van der Waals surface area contributed by atoms with Gasteiger partial charge in [-0.3, -0.25) is 10.6 Å². The first-order chi connectivity index (χ1) is 10.0. The van der Waals surface area contributed by atoms with Crippen molar-refractivity contribution in [2.75, 3.05) is 10.7 Å². The van der Waals surface area contributed by atoms with Crippen molar-refractivity contribution in [2.45, 2.75) is 6.92 Å². The first-order valence-corrected chi connectivity index (χ1v) is 6.13. The van der Waals surface area contributed by atoms with Crippen molar-refractivity contribution in [1.29, 1.82) is 5.26 Å². The number of carbonyl (C=O) groups is 1. The van der Waals surface area contributed by atoms with Crippen LogP contribution in [0.1, 0.15) is 21.5 Å². The Labute approximate surface area is 121 Å². The number of nitrogen functional groups attached to an aromatic ring is 1.